The second kappa shape index (κ2) is 6.16. The minimum Gasteiger partial charge on any atom is -0.438 e. The van der Waals surface area contributed by atoms with Gasteiger partial charge in [-0.05, 0) is 49.4 Å². The van der Waals surface area contributed by atoms with Gasteiger partial charge in [0.1, 0.15) is 10.4 Å². The van der Waals surface area contributed by atoms with E-state index in [4.69, 9.17) is 4.74 Å². The highest BCUT2D eigenvalue weighted by molar-refractivity contribution is 7.14. The Kier molecular flexibility index (Phi) is 3.86. The number of aryl methyl sites for hydroxylation is 2. The monoisotopic (exact) mass is 341 g/mol. The van der Waals surface area contributed by atoms with Gasteiger partial charge in [0.15, 0.2) is 6.73 Å². The zero-order chi connectivity index (χ0) is 16.5. The maximum absolute atomic E-state index is 12.3. The van der Waals surface area contributed by atoms with E-state index in [-0.39, 0.29) is 12.3 Å². The molecular weight excluding hydrogens is 326 g/mol. The lowest BCUT2D eigenvalue weighted by Gasteiger charge is -2.08. The Morgan fingerprint density at radius 1 is 1.25 bits per heavy atom. The van der Waals surface area contributed by atoms with Crippen molar-refractivity contribution in [2.24, 2.45) is 0 Å². The predicted octanol–water partition coefficient (Wildman–Crippen LogP) is 2.55. The molecule has 0 radical (unpaired) electrons. The first-order valence-electron chi connectivity index (χ1n) is 7.83. The quantitative estimate of drug-likeness (QED) is 0.685. The van der Waals surface area contributed by atoms with E-state index in [1.54, 1.807) is 24.3 Å². The third-order valence-corrected chi connectivity index (χ3v) is 5.36. The largest absolute Gasteiger partial charge is 0.438 e. The molecule has 1 aliphatic rings. The molecule has 1 aliphatic carbocycles. The van der Waals surface area contributed by atoms with Crippen molar-refractivity contribution in [3.05, 3.63) is 56.0 Å². The van der Waals surface area contributed by atoms with Crippen molar-refractivity contribution in [1.82, 2.24) is 15.0 Å². The number of benzene rings is 1. The molecular formula is C17H15N3O3S. The van der Waals surface area contributed by atoms with E-state index in [2.05, 4.69) is 10.3 Å². The van der Waals surface area contributed by atoms with Crippen LogP contribution in [0.4, 0.5) is 0 Å². The first-order valence-corrected chi connectivity index (χ1v) is 8.65. The summed E-state index contributed by atoms with van der Waals surface area (Å²) >= 11 is 1.49. The van der Waals surface area contributed by atoms with Crippen LogP contribution in [0.5, 0.6) is 0 Å². The first-order chi connectivity index (χ1) is 11.7. The molecule has 122 valence electrons. The number of nitrogens with zero attached hydrogens (tertiary/aromatic N) is 3. The van der Waals surface area contributed by atoms with Gasteiger partial charge in [-0.25, -0.2) is 4.79 Å². The molecule has 0 atom stereocenters. The van der Waals surface area contributed by atoms with Crippen molar-refractivity contribution in [2.45, 2.75) is 32.4 Å². The average molecular weight is 341 g/mol. The van der Waals surface area contributed by atoms with E-state index < -0.39 is 5.97 Å². The minimum absolute atomic E-state index is 0.238. The van der Waals surface area contributed by atoms with Gasteiger partial charge in [-0.15, -0.1) is 16.4 Å². The Bertz CT molecular complexity index is 953. The van der Waals surface area contributed by atoms with Crippen LogP contribution in [0.1, 0.15) is 33.0 Å². The van der Waals surface area contributed by atoms with Gasteiger partial charge >= 0.3 is 5.97 Å². The number of thiophene rings is 1. The van der Waals surface area contributed by atoms with E-state index in [1.165, 1.54) is 34.6 Å². The highest BCUT2D eigenvalue weighted by atomic mass is 32.1. The molecule has 0 saturated heterocycles. The Balaban J connectivity index is 1.52. The molecule has 4 rings (SSSR count). The molecule has 0 unspecified atom stereocenters. The van der Waals surface area contributed by atoms with Crippen molar-refractivity contribution in [1.29, 1.82) is 0 Å². The number of hydrogen-bond donors (Lipinski definition) is 0. The standard InChI is InChI=1S/C17H15N3O3S/c21-16-12-6-2-3-7-13(12)18-19-20(16)10-23-17(22)15-9-11-5-1-4-8-14(11)24-15/h2-3,6-7,9H,1,4-5,8,10H2. The van der Waals surface area contributed by atoms with E-state index in [9.17, 15) is 9.59 Å². The van der Waals surface area contributed by atoms with Crippen molar-refractivity contribution >= 4 is 28.2 Å². The summed E-state index contributed by atoms with van der Waals surface area (Å²) < 4.78 is 6.32. The van der Waals surface area contributed by atoms with Crippen LogP contribution in [0.15, 0.2) is 35.1 Å². The first kappa shape index (κ1) is 15.0. The molecule has 0 bridgehead atoms. The predicted molar refractivity (Wildman–Crippen MR) is 90.2 cm³/mol. The molecule has 2 heterocycles. The molecule has 0 spiro atoms. The number of carbonyl (C=O) groups is 1. The van der Waals surface area contributed by atoms with Crippen LogP contribution in [0.3, 0.4) is 0 Å². The summed E-state index contributed by atoms with van der Waals surface area (Å²) in [4.78, 5) is 26.4. The van der Waals surface area contributed by atoms with Gasteiger partial charge in [-0.2, -0.15) is 4.68 Å². The molecule has 0 amide bonds. The zero-order valence-electron chi connectivity index (χ0n) is 12.9. The molecule has 6 nitrogen and oxygen atoms in total. The molecule has 0 aliphatic heterocycles. The Hall–Kier alpha value is -2.54. The lowest BCUT2D eigenvalue weighted by molar-refractivity contribution is 0.0342. The summed E-state index contributed by atoms with van der Waals surface area (Å²) in [6, 6.07) is 8.86. The highest BCUT2D eigenvalue weighted by Gasteiger charge is 2.18. The van der Waals surface area contributed by atoms with E-state index in [0.29, 0.717) is 15.8 Å². The van der Waals surface area contributed by atoms with Crippen molar-refractivity contribution in [2.75, 3.05) is 0 Å². The molecule has 0 fully saturated rings. The lowest BCUT2D eigenvalue weighted by Crippen LogP contribution is -2.26. The fraction of sp³-hybridized carbons (Fsp3) is 0.294. The molecule has 3 aromatic rings. The second-order valence-corrected chi connectivity index (χ2v) is 6.88. The van der Waals surface area contributed by atoms with E-state index >= 15 is 0 Å². The van der Waals surface area contributed by atoms with Crippen LogP contribution in [0, 0.1) is 0 Å². The number of rotatable bonds is 3. The number of carbonyl (C=O) groups excluding carboxylic acids is 1. The van der Waals surface area contributed by atoms with Crippen LogP contribution in [0.2, 0.25) is 0 Å². The maximum atomic E-state index is 12.3. The van der Waals surface area contributed by atoms with Crippen molar-refractivity contribution in [3.63, 3.8) is 0 Å². The molecule has 24 heavy (non-hydrogen) atoms. The second-order valence-electron chi connectivity index (χ2n) is 5.74. The molecule has 0 saturated carbocycles. The Labute approximate surface area is 141 Å². The summed E-state index contributed by atoms with van der Waals surface area (Å²) in [7, 11) is 0. The SMILES string of the molecule is O=C(OCn1nnc2ccccc2c1=O)c1cc2c(s1)CCCC2. The van der Waals surface area contributed by atoms with Gasteiger partial charge in [0.25, 0.3) is 5.56 Å². The average Bonchev–Trinajstić information content (AvgIpc) is 3.05. The third-order valence-electron chi connectivity index (χ3n) is 4.15. The third kappa shape index (κ3) is 2.71. The van der Waals surface area contributed by atoms with Gasteiger partial charge in [0.2, 0.25) is 0 Å². The topological polar surface area (TPSA) is 74.1 Å². The summed E-state index contributed by atoms with van der Waals surface area (Å²) in [5, 5.41) is 8.24. The number of hydrogen-bond acceptors (Lipinski definition) is 6. The minimum atomic E-state index is -0.420. The molecule has 1 aromatic carbocycles. The summed E-state index contributed by atoms with van der Waals surface area (Å²) in [5.41, 5.74) is 1.45. The molecule has 0 N–H and O–H groups in total. The van der Waals surface area contributed by atoms with Crippen LogP contribution < -0.4 is 5.56 Å². The normalized spacial score (nSPS) is 13.7. The summed E-state index contributed by atoms with van der Waals surface area (Å²) in [6.07, 6.45) is 4.39. The Morgan fingerprint density at radius 3 is 2.96 bits per heavy atom. The van der Waals surface area contributed by atoms with Crippen LogP contribution in [0.25, 0.3) is 10.9 Å². The van der Waals surface area contributed by atoms with Gasteiger partial charge in [0, 0.05) is 4.88 Å². The van der Waals surface area contributed by atoms with E-state index in [0.717, 1.165) is 17.5 Å². The fourth-order valence-electron chi connectivity index (χ4n) is 2.89. The van der Waals surface area contributed by atoms with Gasteiger partial charge in [-0.3, -0.25) is 4.79 Å². The number of esters is 1. The van der Waals surface area contributed by atoms with Gasteiger partial charge < -0.3 is 4.74 Å². The van der Waals surface area contributed by atoms with Crippen molar-refractivity contribution < 1.29 is 9.53 Å². The fourth-order valence-corrected chi connectivity index (χ4v) is 4.04. The smallest absolute Gasteiger partial charge is 0.350 e. The van der Waals surface area contributed by atoms with Gasteiger partial charge in [0.05, 0.1) is 5.39 Å². The van der Waals surface area contributed by atoms with Crippen molar-refractivity contribution in [3.8, 4) is 0 Å². The van der Waals surface area contributed by atoms with Crippen LogP contribution in [-0.4, -0.2) is 21.0 Å². The number of ether oxygens (including phenoxy) is 1. The maximum Gasteiger partial charge on any atom is 0.350 e. The van der Waals surface area contributed by atoms with E-state index in [1.807, 2.05) is 6.07 Å². The molecule has 7 heteroatoms. The summed E-state index contributed by atoms with van der Waals surface area (Å²) in [5.74, 6) is -0.420. The number of fused-ring (bicyclic) bond motifs is 2. The van der Waals surface area contributed by atoms with Gasteiger partial charge in [-0.1, -0.05) is 17.3 Å². The lowest BCUT2D eigenvalue weighted by atomic mass is 9.99. The van der Waals surface area contributed by atoms with Crippen LogP contribution in [-0.2, 0) is 24.3 Å². The summed E-state index contributed by atoms with van der Waals surface area (Å²) in [6.45, 7) is -0.238. The highest BCUT2D eigenvalue weighted by Crippen LogP contribution is 2.30. The number of aromatic nitrogens is 3. The Morgan fingerprint density at radius 2 is 2.08 bits per heavy atom. The molecule has 2 aromatic heterocycles. The van der Waals surface area contributed by atoms with Crippen LogP contribution >= 0.6 is 11.3 Å². The zero-order valence-corrected chi connectivity index (χ0v) is 13.7.